The third kappa shape index (κ3) is 3.42. The topological polar surface area (TPSA) is 95.3 Å². The number of aryl methyl sites for hydroxylation is 2. The molecule has 0 aliphatic rings. The maximum Gasteiger partial charge on any atom is 0.339 e. The number of hydrogen-bond acceptors (Lipinski definition) is 3. The first-order chi connectivity index (χ1) is 12.0. The number of H-pyrrole nitrogens is 1. The minimum atomic E-state index is -1.09. The van der Waals surface area contributed by atoms with Gasteiger partial charge in [0.25, 0.3) is 5.91 Å². The van der Waals surface area contributed by atoms with Crippen molar-refractivity contribution in [1.82, 2.24) is 10.3 Å². The molecular formula is C19H20N2O4. The van der Waals surface area contributed by atoms with Gasteiger partial charge in [0.15, 0.2) is 5.76 Å². The Morgan fingerprint density at radius 3 is 2.76 bits per heavy atom. The van der Waals surface area contributed by atoms with Crippen molar-refractivity contribution in [3.63, 3.8) is 0 Å². The first kappa shape index (κ1) is 16.8. The zero-order chi connectivity index (χ0) is 18.0. The monoisotopic (exact) mass is 340 g/mol. The molecule has 0 aliphatic carbocycles. The van der Waals surface area contributed by atoms with Crippen LogP contribution in [0, 0.1) is 6.92 Å². The summed E-state index contributed by atoms with van der Waals surface area (Å²) in [6.45, 7) is 4.26. The molecule has 6 heteroatoms. The molecule has 130 valence electrons. The van der Waals surface area contributed by atoms with E-state index >= 15 is 0 Å². The smallest absolute Gasteiger partial charge is 0.339 e. The van der Waals surface area contributed by atoms with Crippen molar-refractivity contribution in [2.75, 3.05) is 6.54 Å². The van der Waals surface area contributed by atoms with Gasteiger partial charge in [-0.2, -0.15) is 0 Å². The summed E-state index contributed by atoms with van der Waals surface area (Å²) in [5, 5.41) is 13.0. The molecule has 3 rings (SSSR count). The fraction of sp³-hybridized carbons (Fsp3) is 0.263. The first-order valence-corrected chi connectivity index (χ1v) is 8.20. The highest BCUT2D eigenvalue weighted by molar-refractivity contribution is 5.96. The number of aromatic carboxylic acids is 1. The molecule has 0 radical (unpaired) electrons. The van der Waals surface area contributed by atoms with Crippen LogP contribution in [-0.4, -0.2) is 28.5 Å². The average molecular weight is 340 g/mol. The maximum atomic E-state index is 12.2. The number of fused-ring (bicyclic) bond motifs is 1. The van der Waals surface area contributed by atoms with Crippen LogP contribution in [0.3, 0.4) is 0 Å². The predicted molar refractivity (Wildman–Crippen MR) is 94.1 cm³/mol. The minimum absolute atomic E-state index is 0.0313. The van der Waals surface area contributed by atoms with Crippen molar-refractivity contribution >= 4 is 22.8 Å². The number of carbonyl (C=O) groups excluding carboxylic acids is 1. The fourth-order valence-electron chi connectivity index (χ4n) is 2.89. The van der Waals surface area contributed by atoms with E-state index in [1.54, 1.807) is 6.92 Å². The standard InChI is InChI=1S/C19H20N2O4/c1-3-16-14(19(23)24)9-17(25-16)18(22)20-7-6-12-10-21-15-8-11(2)4-5-13(12)15/h4-5,8-10,21H,3,6-7H2,1-2H3,(H,20,22)(H,23,24). The molecule has 25 heavy (non-hydrogen) atoms. The van der Waals surface area contributed by atoms with Gasteiger partial charge in [-0.25, -0.2) is 4.79 Å². The Hall–Kier alpha value is -3.02. The van der Waals surface area contributed by atoms with E-state index in [9.17, 15) is 9.59 Å². The Morgan fingerprint density at radius 1 is 1.28 bits per heavy atom. The van der Waals surface area contributed by atoms with Crippen LogP contribution >= 0.6 is 0 Å². The highest BCUT2D eigenvalue weighted by Crippen LogP contribution is 2.20. The number of hydrogen-bond donors (Lipinski definition) is 3. The SMILES string of the molecule is CCc1oc(C(=O)NCCc2c[nH]c3cc(C)ccc23)cc1C(=O)O. The van der Waals surface area contributed by atoms with Gasteiger partial charge in [0.05, 0.1) is 0 Å². The Morgan fingerprint density at radius 2 is 2.08 bits per heavy atom. The number of carbonyl (C=O) groups is 2. The van der Waals surface area contributed by atoms with Crippen LogP contribution in [-0.2, 0) is 12.8 Å². The molecule has 0 fully saturated rings. The summed E-state index contributed by atoms with van der Waals surface area (Å²) in [5.74, 6) is -1.15. The highest BCUT2D eigenvalue weighted by Gasteiger charge is 2.19. The summed E-state index contributed by atoms with van der Waals surface area (Å²) in [4.78, 5) is 26.6. The Bertz CT molecular complexity index is 936. The van der Waals surface area contributed by atoms with Gasteiger partial charge < -0.3 is 19.8 Å². The molecule has 2 aromatic heterocycles. The maximum absolute atomic E-state index is 12.2. The molecule has 2 heterocycles. The van der Waals surface area contributed by atoms with Crippen molar-refractivity contribution in [3.05, 3.63) is 58.7 Å². The van der Waals surface area contributed by atoms with Crippen LogP contribution in [0.4, 0.5) is 0 Å². The highest BCUT2D eigenvalue weighted by atomic mass is 16.4. The Kier molecular flexibility index (Phi) is 4.61. The zero-order valence-corrected chi connectivity index (χ0v) is 14.2. The minimum Gasteiger partial charge on any atom is -0.478 e. The number of benzene rings is 1. The van der Waals surface area contributed by atoms with Crippen molar-refractivity contribution in [3.8, 4) is 0 Å². The van der Waals surface area contributed by atoms with Crippen molar-refractivity contribution in [2.45, 2.75) is 26.7 Å². The summed E-state index contributed by atoms with van der Waals surface area (Å²) in [6.07, 6.45) is 3.03. The van der Waals surface area contributed by atoms with Gasteiger partial charge >= 0.3 is 5.97 Å². The number of nitrogens with one attached hydrogen (secondary N) is 2. The molecule has 3 aromatic rings. The van der Waals surface area contributed by atoms with Gasteiger partial charge in [-0.05, 0) is 30.5 Å². The quantitative estimate of drug-likeness (QED) is 0.641. The third-order valence-corrected chi connectivity index (χ3v) is 4.19. The number of aromatic nitrogens is 1. The van der Waals surface area contributed by atoms with E-state index in [2.05, 4.69) is 28.5 Å². The second kappa shape index (κ2) is 6.84. The molecule has 1 aromatic carbocycles. The van der Waals surface area contributed by atoms with Gasteiger partial charge in [-0.15, -0.1) is 0 Å². The molecule has 0 aliphatic heterocycles. The number of furan rings is 1. The van der Waals surface area contributed by atoms with Gasteiger partial charge in [0.1, 0.15) is 11.3 Å². The summed E-state index contributed by atoms with van der Waals surface area (Å²) in [7, 11) is 0. The lowest BCUT2D eigenvalue weighted by Gasteiger charge is -2.03. The lowest BCUT2D eigenvalue weighted by molar-refractivity contribution is 0.0694. The Labute approximate surface area is 144 Å². The van der Waals surface area contributed by atoms with E-state index in [4.69, 9.17) is 9.52 Å². The molecule has 0 atom stereocenters. The van der Waals surface area contributed by atoms with Crippen LogP contribution < -0.4 is 5.32 Å². The molecule has 0 spiro atoms. The number of aromatic amines is 1. The van der Waals surface area contributed by atoms with Gasteiger partial charge in [0, 0.05) is 36.1 Å². The van der Waals surface area contributed by atoms with E-state index in [0.717, 1.165) is 16.5 Å². The normalized spacial score (nSPS) is 11.0. The lowest BCUT2D eigenvalue weighted by Crippen LogP contribution is -2.25. The summed E-state index contributed by atoms with van der Waals surface area (Å²) >= 11 is 0. The van der Waals surface area contributed by atoms with Crippen LogP contribution in [0.25, 0.3) is 10.9 Å². The summed E-state index contributed by atoms with van der Waals surface area (Å²) in [5.41, 5.74) is 3.42. The number of rotatable bonds is 6. The van der Waals surface area contributed by atoms with Gasteiger partial charge in [0.2, 0.25) is 0 Å². The van der Waals surface area contributed by atoms with Crippen LogP contribution in [0.1, 0.15) is 44.7 Å². The largest absolute Gasteiger partial charge is 0.478 e. The first-order valence-electron chi connectivity index (χ1n) is 8.20. The number of amides is 1. The number of carboxylic acids is 1. The molecule has 0 unspecified atom stereocenters. The van der Waals surface area contributed by atoms with Crippen LogP contribution in [0.2, 0.25) is 0 Å². The van der Waals surface area contributed by atoms with Gasteiger partial charge in [-0.3, -0.25) is 4.79 Å². The van der Waals surface area contributed by atoms with Crippen molar-refractivity contribution < 1.29 is 19.1 Å². The van der Waals surface area contributed by atoms with Crippen LogP contribution in [0.15, 0.2) is 34.9 Å². The van der Waals surface area contributed by atoms with E-state index < -0.39 is 11.9 Å². The van der Waals surface area contributed by atoms with E-state index in [-0.39, 0.29) is 11.3 Å². The third-order valence-electron chi connectivity index (χ3n) is 4.19. The molecule has 0 saturated heterocycles. The molecule has 1 amide bonds. The lowest BCUT2D eigenvalue weighted by atomic mass is 10.1. The van der Waals surface area contributed by atoms with E-state index in [1.807, 2.05) is 13.1 Å². The molecule has 6 nitrogen and oxygen atoms in total. The molecular weight excluding hydrogens is 320 g/mol. The van der Waals surface area contributed by atoms with Gasteiger partial charge in [-0.1, -0.05) is 19.1 Å². The van der Waals surface area contributed by atoms with Crippen LogP contribution in [0.5, 0.6) is 0 Å². The van der Waals surface area contributed by atoms with E-state index in [0.29, 0.717) is 25.1 Å². The molecule has 0 saturated carbocycles. The number of carboxylic acid groups (broad SMARTS) is 1. The second-order valence-electron chi connectivity index (χ2n) is 5.98. The zero-order valence-electron chi connectivity index (χ0n) is 14.2. The predicted octanol–water partition coefficient (Wildman–Crippen LogP) is 3.30. The summed E-state index contributed by atoms with van der Waals surface area (Å²) in [6, 6.07) is 7.49. The molecule has 0 bridgehead atoms. The fourth-order valence-corrected chi connectivity index (χ4v) is 2.89. The second-order valence-corrected chi connectivity index (χ2v) is 5.98. The Balaban J connectivity index is 1.65. The van der Waals surface area contributed by atoms with Crippen molar-refractivity contribution in [1.29, 1.82) is 0 Å². The molecule has 3 N–H and O–H groups in total. The van der Waals surface area contributed by atoms with E-state index in [1.165, 1.54) is 11.6 Å². The summed E-state index contributed by atoms with van der Waals surface area (Å²) < 4.78 is 5.36. The average Bonchev–Trinajstić information content (AvgIpc) is 3.18. The van der Waals surface area contributed by atoms with Crippen molar-refractivity contribution in [2.24, 2.45) is 0 Å².